The van der Waals surface area contributed by atoms with Gasteiger partial charge >= 0.3 is 5.97 Å². The molecular formula is C11H17N3O3S. The highest BCUT2D eigenvalue weighted by atomic mass is 32.1. The van der Waals surface area contributed by atoms with Gasteiger partial charge in [0.2, 0.25) is 0 Å². The van der Waals surface area contributed by atoms with Crippen molar-refractivity contribution in [1.82, 2.24) is 10.3 Å². The van der Waals surface area contributed by atoms with Crippen molar-refractivity contribution in [2.24, 2.45) is 5.73 Å². The first-order chi connectivity index (χ1) is 8.52. The minimum Gasteiger partial charge on any atom is -0.481 e. The normalized spacial score (nSPS) is 12.1. The number of carboxylic acids is 1. The predicted molar refractivity (Wildman–Crippen MR) is 68.7 cm³/mol. The van der Waals surface area contributed by atoms with Crippen molar-refractivity contribution in [3.63, 3.8) is 0 Å². The summed E-state index contributed by atoms with van der Waals surface area (Å²) in [5.74, 6) is -1.14. The lowest BCUT2D eigenvalue weighted by molar-refractivity contribution is -0.137. The lowest BCUT2D eigenvalue weighted by atomic mass is 10.2. The molecule has 1 atom stereocenters. The maximum atomic E-state index is 11.8. The van der Waals surface area contributed by atoms with Crippen LogP contribution in [-0.2, 0) is 11.2 Å². The Balaban J connectivity index is 2.45. The molecule has 0 spiro atoms. The van der Waals surface area contributed by atoms with Gasteiger partial charge in [0.15, 0.2) is 0 Å². The molecule has 1 heterocycles. The number of carboxylic acid groups (broad SMARTS) is 1. The lowest BCUT2D eigenvalue weighted by Gasteiger charge is -2.11. The fourth-order valence-electron chi connectivity index (χ4n) is 1.36. The highest BCUT2D eigenvalue weighted by Gasteiger charge is 2.13. The Kier molecular flexibility index (Phi) is 5.73. The van der Waals surface area contributed by atoms with E-state index in [1.54, 1.807) is 12.3 Å². The van der Waals surface area contributed by atoms with Gasteiger partial charge in [-0.25, -0.2) is 4.98 Å². The summed E-state index contributed by atoms with van der Waals surface area (Å²) in [6.07, 6.45) is 1.10. The van der Waals surface area contributed by atoms with E-state index in [1.807, 2.05) is 0 Å². The van der Waals surface area contributed by atoms with E-state index in [1.165, 1.54) is 11.3 Å². The van der Waals surface area contributed by atoms with Crippen LogP contribution in [0.25, 0.3) is 0 Å². The zero-order valence-electron chi connectivity index (χ0n) is 10.2. The quantitative estimate of drug-likeness (QED) is 0.674. The average Bonchev–Trinajstić information content (AvgIpc) is 2.75. The van der Waals surface area contributed by atoms with Crippen LogP contribution in [0.1, 0.15) is 35.3 Å². The molecule has 1 aromatic rings. The molecule has 1 amide bonds. The Bertz CT molecular complexity index is 419. The van der Waals surface area contributed by atoms with Crippen LogP contribution < -0.4 is 11.1 Å². The first-order valence-corrected chi connectivity index (χ1v) is 6.58. The standard InChI is InChI=1S/C11H17N3O3S/c1-7(2-3-10(15)16)13-11(17)8-6-18-9(14-8)4-5-12/h6-7H,2-5,12H2,1H3,(H,13,17)(H,15,16). The first-order valence-electron chi connectivity index (χ1n) is 5.70. The summed E-state index contributed by atoms with van der Waals surface area (Å²) in [4.78, 5) is 26.3. The molecule has 6 nitrogen and oxygen atoms in total. The number of thiazole rings is 1. The number of carbonyl (C=O) groups excluding carboxylic acids is 1. The molecule has 0 aliphatic carbocycles. The van der Waals surface area contributed by atoms with Crippen LogP contribution in [-0.4, -0.2) is 34.6 Å². The summed E-state index contributed by atoms with van der Waals surface area (Å²) in [7, 11) is 0. The first kappa shape index (κ1) is 14.6. The minimum absolute atomic E-state index is 0.0386. The third-order valence-electron chi connectivity index (χ3n) is 2.31. The molecule has 0 radical (unpaired) electrons. The molecule has 0 saturated carbocycles. The molecule has 0 saturated heterocycles. The van der Waals surface area contributed by atoms with E-state index in [9.17, 15) is 9.59 Å². The number of hydrogen-bond donors (Lipinski definition) is 3. The highest BCUT2D eigenvalue weighted by molar-refractivity contribution is 7.09. The SMILES string of the molecule is CC(CCC(=O)O)NC(=O)c1csc(CCN)n1. The van der Waals surface area contributed by atoms with E-state index < -0.39 is 5.97 Å². The fourth-order valence-corrected chi connectivity index (χ4v) is 2.16. The molecule has 100 valence electrons. The molecule has 1 aromatic heterocycles. The van der Waals surface area contributed by atoms with Gasteiger partial charge in [-0.1, -0.05) is 0 Å². The second-order valence-electron chi connectivity index (χ2n) is 3.97. The van der Waals surface area contributed by atoms with Gasteiger partial charge < -0.3 is 16.2 Å². The summed E-state index contributed by atoms with van der Waals surface area (Å²) in [5, 5.41) is 13.8. The van der Waals surface area contributed by atoms with Crippen LogP contribution in [0.2, 0.25) is 0 Å². The molecule has 0 aromatic carbocycles. The van der Waals surface area contributed by atoms with Crippen molar-refractivity contribution in [2.45, 2.75) is 32.2 Å². The Morgan fingerprint density at radius 2 is 2.33 bits per heavy atom. The molecule has 4 N–H and O–H groups in total. The van der Waals surface area contributed by atoms with Gasteiger partial charge in [-0.2, -0.15) is 0 Å². The third-order valence-corrected chi connectivity index (χ3v) is 3.22. The van der Waals surface area contributed by atoms with E-state index >= 15 is 0 Å². The molecule has 0 aliphatic heterocycles. The minimum atomic E-state index is -0.866. The maximum Gasteiger partial charge on any atom is 0.303 e. The van der Waals surface area contributed by atoms with E-state index in [2.05, 4.69) is 10.3 Å². The topological polar surface area (TPSA) is 105 Å². The van der Waals surface area contributed by atoms with Crippen molar-refractivity contribution in [3.05, 3.63) is 16.1 Å². The molecule has 0 fully saturated rings. The number of aliphatic carboxylic acids is 1. The van der Waals surface area contributed by atoms with Crippen LogP contribution in [0.5, 0.6) is 0 Å². The molecule has 0 bridgehead atoms. The molecule has 1 unspecified atom stereocenters. The van der Waals surface area contributed by atoms with E-state index in [4.69, 9.17) is 10.8 Å². The Labute approximate surface area is 109 Å². The van der Waals surface area contributed by atoms with Crippen LogP contribution in [0.4, 0.5) is 0 Å². The Morgan fingerprint density at radius 1 is 1.61 bits per heavy atom. The fraction of sp³-hybridized carbons (Fsp3) is 0.545. The van der Waals surface area contributed by atoms with E-state index in [-0.39, 0.29) is 18.4 Å². The van der Waals surface area contributed by atoms with Crippen molar-refractivity contribution >= 4 is 23.2 Å². The monoisotopic (exact) mass is 271 g/mol. The van der Waals surface area contributed by atoms with Crippen molar-refractivity contribution < 1.29 is 14.7 Å². The molecule has 7 heteroatoms. The van der Waals surface area contributed by atoms with E-state index in [0.29, 0.717) is 25.1 Å². The van der Waals surface area contributed by atoms with Gasteiger partial charge in [-0.3, -0.25) is 9.59 Å². The van der Waals surface area contributed by atoms with Crippen molar-refractivity contribution in [2.75, 3.05) is 6.54 Å². The molecular weight excluding hydrogens is 254 g/mol. The smallest absolute Gasteiger partial charge is 0.303 e. The van der Waals surface area contributed by atoms with Crippen LogP contribution in [0.15, 0.2) is 5.38 Å². The number of hydrogen-bond acceptors (Lipinski definition) is 5. The van der Waals surface area contributed by atoms with Gasteiger partial charge in [0.1, 0.15) is 5.69 Å². The Morgan fingerprint density at radius 3 is 2.94 bits per heavy atom. The zero-order valence-corrected chi connectivity index (χ0v) is 11.0. The number of carbonyl (C=O) groups is 2. The van der Waals surface area contributed by atoms with Crippen LogP contribution >= 0.6 is 11.3 Å². The molecule has 0 aliphatic rings. The summed E-state index contributed by atoms with van der Waals surface area (Å²) in [6.45, 7) is 2.28. The third kappa shape index (κ3) is 4.80. The largest absolute Gasteiger partial charge is 0.481 e. The zero-order chi connectivity index (χ0) is 13.5. The molecule has 1 rings (SSSR count). The van der Waals surface area contributed by atoms with Crippen molar-refractivity contribution in [3.8, 4) is 0 Å². The summed E-state index contributed by atoms with van der Waals surface area (Å²) >= 11 is 1.40. The lowest BCUT2D eigenvalue weighted by Crippen LogP contribution is -2.33. The summed E-state index contributed by atoms with van der Waals surface area (Å²) in [6, 6.07) is -0.187. The highest BCUT2D eigenvalue weighted by Crippen LogP contribution is 2.10. The van der Waals surface area contributed by atoms with E-state index in [0.717, 1.165) is 5.01 Å². The van der Waals surface area contributed by atoms with Gasteiger partial charge in [0.05, 0.1) is 5.01 Å². The second kappa shape index (κ2) is 7.07. The molecule has 18 heavy (non-hydrogen) atoms. The number of nitrogens with zero attached hydrogens (tertiary/aromatic N) is 1. The number of rotatable bonds is 7. The van der Waals surface area contributed by atoms with Gasteiger partial charge in [-0.15, -0.1) is 11.3 Å². The average molecular weight is 271 g/mol. The summed E-state index contributed by atoms with van der Waals surface area (Å²) in [5.41, 5.74) is 5.77. The van der Waals surface area contributed by atoms with Crippen LogP contribution in [0, 0.1) is 0 Å². The second-order valence-corrected chi connectivity index (χ2v) is 4.91. The maximum absolute atomic E-state index is 11.8. The van der Waals surface area contributed by atoms with Gasteiger partial charge in [-0.05, 0) is 19.9 Å². The number of nitrogens with two attached hydrogens (primary N) is 1. The summed E-state index contributed by atoms with van der Waals surface area (Å²) < 4.78 is 0. The predicted octanol–water partition coefficient (Wildman–Crippen LogP) is 0.627. The van der Waals surface area contributed by atoms with Gasteiger partial charge in [0.25, 0.3) is 5.91 Å². The van der Waals surface area contributed by atoms with Crippen LogP contribution in [0.3, 0.4) is 0 Å². The number of nitrogens with one attached hydrogen (secondary N) is 1. The Hall–Kier alpha value is -1.47. The van der Waals surface area contributed by atoms with Gasteiger partial charge in [0, 0.05) is 24.3 Å². The van der Waals surface area contributed by atoms with Crippen molar-refractivity contribution in [1.29, 1.82) is 0 Å². The number of aromatic nitrogens is 1. The number of amides is 1.